The number of aromatic nitrogens is 1. The van der Waals surface area contributed by atoms with Crippen LogP contribution in [0.1, 0.15) is 34.8 Å². The summed E-state index contributed by atoms with van der Waals surface area (Å²) in [5.74, 6) is 1.38. The van der Waals surface area contributed by atoms with E-state index in [1.54, 1.807) is 30.6 Å². The average Bonchev–Trinajstić information content (AvgIpc) is 3.23. The predicted octanol–water partition coefficient (Wildman–Crippen LogP) is 2.79. The van der Waals surface area contributed by atoms with Crippen molar-refractivity contribution in [2.75, 3.05) is 13.3 Å². The normalized spacial score (nSPS) is 19.5. The van der Waals surface area contributed by atoms with E-state index in [1.807, 2.05) is 17.0 Å². The monoisotopic (exact) mass is 296 g/mol. The van der Waals surface area contributed by atoms with E-state index in [0.29, 0.717) is 17.1 Å². The number of rotatable bonds is 2. The third-order valence-corrected chi connectivity index (χ3v) is 4.22. The van der Waals surface area contributed by atoms with Gasteiger partial charge in [0.2, 0.25) is 6.79 Å². The maximum absolute atomic E-state index is 12.8. The van der Waals surface area contributed by atoms with E-state index in [1.165, 1.54) is 0 Å². The van der Waals surface area contributed by atoms with Gasteiger partial charge in [0.1, 0.15) is 0 Å². The summed E-state index contributed by atoms with van der Waals surface area (Å²) in [6.45, 7) is 0.997. The van der Waals surface area contributed by atoms with Crippen LogP contribution in [0.4, 0.5) is 0 Å². The Hall–Kier alpha value is -2.56. The van der Waals surface area contributed by atoms with E-state index in [-0.39, 0.29) is 18.7 Å². The van der Waals surface area contributed by atoms with Gasteiger partial charge in [-0.3, -0.25) is 9.78 Å². The van der Waals surface area contributed by atoms with Crippen molar-refractivity contribution in [3.8, 4) is 11.5 Å². The molecular weight excluding hydrogens is 280 g/mol. The Morgan fingerprint density at radius 2 is 1.95 bits per heavy atom. The molecule has 1 saturated heterocycles. The molecule has 1 amide bonds. The molecular formula is C17H16N2O3. The molecule has 0 unspecified atom stereocenters. The SMILES string of the molecule is O=C(c1ccc2c(c1)OCO2)N1CCC[C@H]1c1ccncc1. The highest BCUT2D eigenvalue weighted by molar-refractivity contribution is 5.95. The van der Waals surface area contributed by atoms with Gasteiger partial charge < -0.3 is 14.4 Å². The summed E-state index contributed by atoms with van der Waals surface area (Å²) >= 11 is 0. The summed E-state index contributed by atoms with van der Waals surface area (Å²) in [5, 5.41) is 0. The van der Waals surface area contributed by atoms with Crippen molar-refractivity contribution in [3.05, 3.63) is 53.9 Å². The fraction of sp³-hybridized carbons (Fsp3) is 0.294. The van der Waals surface area contributed by atoms with Gasteiger partial charge in [-0.25, -0.2) is 0 Å². The van der Waals surface area contributed by atoms with Crippen molar-refractivity contribution in [2.45, 2.75) is 18.9 Å². The van der Waals surface area contributed by atoms with Crippen LogP contribution in [-0.4, -0.2) is 29.1 Å². The van der Waals surface area contributed by atoms with Crippen molar-refractivity contribution in [2.24, 2.45) is 0 Å². The third kappa shape index (κ3) is 2.19. The highest BCUT2D eigenvalue weighted by Crippen LogP contribution is 2.36. The minimum atomic E-state index is 0.0395. The average molecular weight is 296 g/mol. The lowest BCUT2D eigenvalue weighted by Crippen LogP contribution is -2.30. The fourth-order valence-corrected chi connectivity index (χ4v) is 3.14. The first-order valence-corrected chi connectivity index (χ1v) is 7.43. The van der Waals surface area contributed by atoms with Gasteiger partial charge in [-0.15, -0.1) is 0 Å². The largest absolute Gasteiger partial charge is 0.454 e. The molecule has 0 saturated carbocycles. The quantitative estimate of drug-likeness (QED) is 0.855. The minimum Gasteiger partial charge on any atom is -0.454 e. The molecule has 0 spiro atoms. The Morgan fingerprint density at radius 1 is 1.14 bits per heavy atom. The van der Waals surface area contributed by atoms with Crippen molar-refractivity contribution in [3.63, 3.8) is 0 Å². The van der Waals surface area contributed by atoms with Gasteiger partial charge in [0.15, 0.2) is 11.5 Å². The number of hydrogen-bond donors (Lipinski definition) is 0. The number of carbonyl (C=O) groups excluding carboxylic acids is 1. The molecule has 1 aromatic carbocycles. The Morgan fingerprint density at radius 3 is 2.82 bits per heavy atom. The lowest BCUT2D eigenvalue weighted by Gasteiger charge is -2.25. The first-order valence-electron chi connectivity index (χ1n) is 7.43. The summed E-state index contributed by atoms with van der Waals surface area (Å²) in [7, 11) is 0. The first kappa shape index (κ1) is 13.1. The van der Waals surface area contributed by atoms with Crippen molar-refractivity contribution in [1.82, 2.24) is 9.88 Å². The van der Waals surface area contributed by atoms with E-state index in [9.17, 15) is 4.79 Å². The topological polar surface area (TPSA) is 51.7 Å². The maximum Gasteiger partial charge on any atom is 0.254 e. The van der Waals surface area contributed by atoms with Crippen LogP contribution in [0.25, 0.3) is 0 Å². The molecule has 0 bridgehead atoms. The molecule has 5 nitrogen and oxygen atoms in total. The molecule has 0 aliphatic carbocycles. The molecule has 5 heteroatoms. The van der Waals surface area contributed by atoms with Gasteiger partial charge in [0.25, 0.3) is 5.91 Å². The van der Waals surface area contributed by atoms with Crippen LogP contribution in [0.5, 0.6) is 11.5 Å². The first-order chi connectivity index (χ1) is 10.8. The Balaban J connectivity index is 1.62. The van der Waals surface area contributed by atoms with Crippen molar-refractivity contribution < 1.29 is 14.3 Å². The highest BCUT2D eigenvalue weighted by atomic mass is 16.7. The van der Waals surface area contributed by atoms with Gasteiger partial charge in [0.05, 0.1) is 6.04 Å². The second-order valence-electron chi connectivity index (χ2n) is 5.51. The Kier molecular flexibility index (Phi) is 3.18. The summed E-state index contributed by atoms with van der Waals surface area (Å²) < 4.78 is 10.7. The molecule has 0 radical (unpaired) electrons. The summed E-state index contributed by atoms with van der Waals surface area (Å²) in [6, 6.07) is 9.46. The van der Waals surface area contributed by atoms with Crippen molar-refractivity contribution >= 4 is 5.91 Å². The number of nitrogens with zero attached hydrogens (tertiary/aromatic N) is 2. The molecule has 1 atom stereocenters. The van der Waals surface area contributed by atoms with Crippen molar-refractivity contribution in [1.29, 1.82) is 0 Å². The fourth-order valence-electron chi connectivity index (χ4n) is 3.14. The second kappa shape index (κ2) is 5.33. The lowest BCUT2D eigenvalue weighted by atomic mass is 10.1. The van der Waals surface area contributed by atoms with Gasteiger partial charge in [-0.1, -0.05) is 0 Å². The van der Waals surface area contributed by atoms with Gasteiger partial charge in [0, 0.05) is 24.5 Å². The molecule has 3 heterocycles. The van der Waals surface area contributed by atoms with E-state index < -0.39 is 0 Å². The molecule has 0 N–H and O–H groups in total. The number of amides is 1. The van der Waals surface area contributed by atoms with E-state index in [4.69, 9.17) is 9.47 Å². The smallest absolute Gasteiger partial charge is 0.254 e. The molecule has 2 aromatic rings. The lowest BCUT2D eigenvalue weighted by molar-refractivity contribution is 0.0735. The number of hydrogen-bond acceptors (Lipinski definition) is 4. The number of fused-ring (bicyclic) bond motifs is 1. The Labute approximate surface area is 128 Å². The molecule has 1 aromatic heterocycles. The molecule has 4 rings (SSSR count). The van der Waals surface area contributed by atoms with Crippen LogP contribution in [0.3, 0.4) is 0 Å². The zero-order valence-electron chi connectivity index (χ0n) is 12.1. The molecule has 22 heavy (non-hydrogen) atoms. The molecule has 1 fully saturated rings. The number of ether oxygens (including phenoxy) is 2. The van der Waals surface area contributed by atoms with E-state index in [2.05, 4.69) is 4.98 Å². The Bertz CT molecular complexity index is 702. The highest BCUT2D eigenvalue weighted by Gasteiger charge is 2.31. The minimum absolute atomic E-state index is 0.0395. The second-order valence-corrected chi connectivity index (χ2v) is 5.51. The zero-order valence-corrected chi connectivity index (χ0v) is 12.1. The van der Waals surface area contributed by atoms with Crippen LogP contribution < -0.4 is 9.47 Å². The number of benzene rings is 1. The van der Waals surface area contributed by atoms with Gasteiger partial charge >= 0.3 is 0 Å². The third-order valence-electron chi connectivity index (χ3n) is 4.22. The maximum atomic E-state index is 12.8. The summed E-state index contributed by atoms with van der Waals surface area (Å²) in [5.41, 5.74) is 1.78. The van der Waals surface area contributed by atoms with Crippen LogP contribution in [0.2, 0.25) is 0 Å². The van der Waals surface area contributed by atoms with Crippen LogP contribution in [-0.2, 0) is 0 Å². The standard InChI is InChI=1S/C17H16N2O3/c20-17(13-3-4-15-16(10-13)22-11-21-15)19-9-1-2-14(19)12-5-7-18-8-6-12/h3-8,10,14H,1-2,9,11H2/t14-/m0/s1. The predicted molar refractivity (Wildman–Crippen MR) is 79.8 cm³/mol. The number of carbonyl (C=O) groups is 1. The van der Waals surface area contributed by atoms with Crippen LogP contribution in [0.15, 0.2) is 42.7 Å². The van der Waals surface area contributed by atoms with E-state index >= 15 is 0 Å². The van der Waals surface area contributed by atoms with Crippen LogP contribution in [0, 0.1) is 0 Å². The van der Waals surface area contributed by atoms with Gasteiger partial charge in [-0.05, 0) is 48.7 Å². The van der Waals surface area contributed by atoms with Gasteiger partial charge in [-0.2, -0.15) is 0 Å². The number of pyridine rings is 1. The summed E-state index contributed by atoms with van der Waals surface area (Å²) in [6.07, 6.45) is 5.55. The molecule has 2 aliphatic heterocycles. The molecule has 112 valence electrons. The van der Waals surface area contributed by atoms with E-state index in [0.717, 1.165) is 24.9 Å². The van der Waals surface area contributed by atoms with Crippen LogP contribution >= 0.6 is 0 Å². The zero-order chi connectivity index (χ0) is 14.9. The summed E-state index contributed by atoms with van der Waals surface area (Å²) in [4.78, 5) is 18.8. The number of likely N-dealkylation sites (tertiary alicyclic amines) is 1. The molecule has 2 aliphatic rings.